The first kappa shape index (κ1) is 12.9. The summed E-state index contributed by atoms with van der Waals surface area (Å²) in [6, 6.07) is 4.32. The monoisotopic (exact) mass is 270 g/mol. The highest BCUT2D eigenvalue weighted by atomic mass is 32.2. The van der Waals surface area contributed by atoms with Crippen molar-refractivity contribution in [1.29, 1.82) is 0 Å². The van der Waals surface area contributed by atoms with E-state index in [1.54, 1.807) is 19.1 Å². The predicted octanol–water partition coefficient (Wildman–Crippen LogP) is 1.14. The van der Waals surface area contributed by atoms with Crippen LogP contribution in [-0.4, -0.2) is 18.5 Å². The number of aromatic nitrogens is 1. The Morgan fingerprint density at radius 1 is 1.56 bits per heavy atom. The second kappa shape index (κ2) is 4.97. The van der Waals surface area contributed by atoms with Crippen molar-refractivity contribution in [3.63, 3.8) is 0 Å². The molecule has 3 N–H and O–H groups in total. The average Bonchev–Trinajstić information content (AvgIpc) is 3.00. The van der Waals surface area contributed by atoms with Crippen molar-refractivity contribution in [3.05, 3.63) is 42.1 Å². The van der Waals surface area contributed by atoms with E-state index >= 15 is 0 Å². The van der Waals surface area contributed by atoms with Crippen LogP contribution in [0.4, 0.5) is 0 Å². The number of rotatable bonds is 5. The van der Waals surface area contributed by atoms with Gasteiger partial charge in [-0.2, -0.15) is 0 Å². The van der Waals surface area contributed by atoms with E-state index in [0.717, 1.165) is 0 Å². The van der Waals surface area contributed by atoms with Crippen LogP contribution in [0.3, 0.4) is 0 Å². The van der Waals surface area contributed by atoms with Crippen LogP contribution >= 0.6 is 0 Å². The number of aliphatic hydroxyl groups excluding tert-OH is 1. The van der Waals surface area contributed by atoms with Crippen molar-refractivity contribution in [1.82, 2.24) is 9.71 Å². The van der Waals surface area contributed by atoms with Crippen LogP contribution in [0, 0.1) is 0 Å². The third-order valence-electron chi connectivity index (χ3n) is 2.50. The van der Waals surface area contributed by atoms with Crippen molar-refractivity contribution in [2.75, 3.05) is 0 Å². The molecule has 2 rings (SSSR count). The van der Waals surface area contributed by atoms with Gasteiger partial charge in [-0.25, -0.2) is 13.1 Å². The topological polar surface area (TPSA) is 95.3 Å². The molecule has 2 aromatic rings. The minimum absolute atomic E-state index is 0.0879. The molecular weight excluding hydrogens is 256 g/mol. The van der Waals surface area contributed by atoms with E-state index < -0.39 is 16.1 Å². The summed E-state index contributed by atoms with van der Waals surface area (Å²) in [5.74, 6) is 0.538. The molecule has 0 aliphatic carbocycles. The summed E-state index contributed by atoms with van der Waals surface area (Å²) in [7, 11) is -3.63. The van der Waals surface area contributed by atoms with Crippen molar-refractivity contribution in [3.8, 4) is 0 Å². The Morgan fingerprint density at radius 2 is 2.33 bits per heavy atom. The lowest BCUT2D eigenvalue weighted by Crippen LogP contribution is -2.26. The zero-order valence-corrected chi connectivity index (χ0v) is 10.6. The van der Waals surface area contributed by atoms with Gasteiger partial charge in [-0.05, 0) is 25.1 Å². The van der Waals surface area contributed by atoms with Crippen LogP contribution < -0.4 is 4.72 Å². The van der Waals surface area contributed by atoms with Crippen LogP contribution in [0.15, 0.2) is 40.0 Å². The third kappa shape index (κ3) is 2.63. The highest BCUT2D eigenvalue weighted by Gasteiger charge is 2.20. The van der Waals surface area contributed by atoms with Crippen LogP contribution in [-0.2, 0) is 16.6 Å². The lowest BCUT2D eigenvalue weighted by Gasteiger charge is -2.10. The van der Waals surface area contributed by atoms with Crippen molar-refractivity contribution in [2.45, 2.75) is 24.5 Å². The molecule has 0 aliphatic rings. The Hall–Kier alpha value is -1.57. The fourth-order valence-corrected chi connectivity index (χ4v) is 2.79. The maximum absolute atomic E-state index is 12.0. The summed E-state index contributed by atoms with van der Waals surface area (Å²) >= 11 is 0. The van der Waals surface area contributed by atoms with Gasteiger partial charge in [0.2, 0.25) is 10.0 Å². The third-order valence-corrected chi connectivity index (χ3v) is 4.02. The second-order valence-corrected chi connectivity index (χ2v) is 5.59. The Kier molecular flexibility index (Phi) is 3.55. The molecule has 18 heavy (non-hydrogen) atoms. The van der Waals surface area contributed by atoms with Crippen molar-refractivity contribution in [2.24, 2.45) is 0 Å². The summed E-state index contributed by atoms with van der Waals surface area (Å²) in [5, 5.41) is 8.89. The number of hydrogen-bond donors (Lipinski definition) is 3. The fraction of sp³-hybridized carbons (Fsp3) is 0.273. The minimum atomic E-state index is -3.63. The molecule has 0 spiro atoms. The number of furan rings is 1. The van der Waals surface area contributed by atoms with Crippen LogP contribution in [0.2, 0.25) is 0 Å². The molecule has 0 saturated heterocycles. The number of nitrogens with one attached hydrogen (secondary N) is 2. The van der Waals surface area contributed by atoms with E-state index in [-0.39, 0.29) is 11.5 Å². The minimum Gasteiger partial charge on any atom is -0.468 e. The number of aromatic amines is 1. The number of sulfonamides is 1. The lowest BCUT2D eigenvalue weighted by atomic mass is 10.3. The molecule has 1 unspecified atom stereocenters. The molecule has 0 saturated carbocycles. The molecular formula is C11H14N2O4S. The van der Waals surface area contributed by atoms with E-state index in [9.17, 15) is 8.42 Å². The molecule has 7 heteroatoms. The van der Waals surface area contributed by atoms with Gasteiger partial charge in [0.05, 0.1) is 23.8 Å². The largest absolute Gasteiger partial charge is 0.468 e. The summed E-state index contributed by atoms with van der Waals surface area (Å²) in [6.45, 7) is 1.46. The van der Waals surface area contributed by atoms with Crippen LogP contribution in [0.5, 0.6) is 0 Å². The first-order chi connectivity index (χ1) is 8.53. The molecule has 0 aromatic carbocycles. The summed E-state index contributed by atoms with van der Waals surface area (Å²) in [4.78, 5) is 2.76. The standard InChI is InChI=1S/C11H14N2O4S/c1-8(11-3-2-4-17-11)13-18(15,16)10-5-9(7-14)12-6-10/h2-6,8,12-14H,7H2,1H3. The molecule has 0 bridgehead atoms. The molecule has 0 aliphatic heterocycles. The number of hydrogen-bond acceptors (Lipinski definition) is 4. The SMILES string of the molecule is CC(NS(=O)(=O)c1c[nH]c(CO)c1)c1ccco1. The molecule has 2 heterocycles. The molecule has 0 amide bonds. The van der Waals surface area contributed by atoms with Crippen LogP contribution in [0.25, 0.3) is 0 Å². The van der Waals surface area contributed by atoms with E-state index in [1.807, 2.05) is 0 Å². The van der Waals surface area contributed by atoms with Gasteiger partial charge in [0, 0.05) is 11.9 Å². The Labute approximate surface area is 105 Å². The second-order valence-electron chi connectivity index (χ2n) is 3.88. The molecule has 0 fully saturated rings. The predicted molar refractivity (Wildman–Crippen MR) is 64.2 cm³/mol. The lowest BCUT2D eigenvalue weighted by molar-refractivity contribution is 0.277. The number of H-pyrrole nitrogens is 1. The quantitative estimate of drug-likeness (QED) is 0.759. The van der Waals surface area contributed by atoms with Gasteiger partial charge in [-0.1, -0.05) is 0 Å². The van der Waals surface area contributed by atoms with Gasteiger partial charge in [0.25, 0.3) is 0 Å². The van der Waals surface area contributed by atoms with Crippen LogP contribution in [0.1, 0.15) is 24.4 Å². The van der Waals surface area contributed by atoms with Gasteiger partial charge in [-0.3, -0.25) is 0 Å². The summed E-state index contributed by atoms with van der Waals surface area (Å²) in [6.07, 6.45) is 2.82. The van der Waals surface area contributed by atoms with Gasteiger partial charge >= 0.3 is 0 Å². The molecule has 2 aromatic heterocycles. The zero-order valence-electron chi connectivity index (χ0n) is 9.75. The molecule has 1 atom stereocenters. The van der Waals surface area contributed by atoms with E-state index in [0.29, 0.717) is 11.5 Å². The molecule has 0 radical (unpaired) electrons. The number of aliphatic hydroxyl groups is 1. The Morgan fingerprint density at radius 3 is 2.89 bits per heavy atom. The van der Waals surface area contributed by atoms with Gasteiger partial charge in [0.15, 0.2) is 0 Å². The van der Waals surface area contributed by atoms with Crippen molar-refractivity contribution < 1.29 is 17.9 Å². The Balaban J connectivity index is 2.17. The maximum Gasteiger partial charge on any atom is 0.242 e. The first-order valence-electron chi connectivity index (χ1n) is 5.37. The normalized spacial score (nSPS) is 13.7. The summed E-state index contributed by atoms with van der Waals surface area (Å²) in [5.41, 5.74) is 0.445. The first-order valence-corrected chi connectivity index (χ1v) is 6.85. The van der Waals surface area contributed by atoms with Gasteiger partial charge in [-0.15, -0.1) is 0 Å². The molecule has 6 nitrogen and oxygen atoms in total. The maximum atomic E-state index is 12.0. The van der Waals surface area contributed by atoms with Gasteiger partial charge < -0.3 is 14.5 Å². The highest BCUT2D eigenvalue weighted by Crippen LogP contribution is 2.17. The smallest absolute Gasteiger partial charge is 0.242 e. The van der Waals surface area contributed by atoms with E-state index in [2.05, 4.69) is 9.71 Å². The Bertz CT molecular complexity index is 601. The highest BCUT2D eigenvalue weighted by molar-refractivity contribution is 7.89. The summed E-state index contributed by atoms with van der Waals surface area (Å²) < 4.78 is 31.6. The average molecular weight is 270 g/mol. The van der Waals surface area contributed by atoms with E-state index in [1.165, 1.54) is 18.5 Å². The van der Waals surface area contributed by atoms with Crippen molar-refractivity contribution >= 4 is 10.0 Å². The van der Waals surface area contributed by atoms with E-state index in [4.69, 9.17) is 9.52 Å². The zero-order chi connectivity index (χ0) is 13.2. The van der Waals surface area contributed by atoms with Gasteiger partial charge in [0.1, 0.15) is 5.76 Å². The molecule has 98 valence electrons. The fourth-order valence-electron chi connectivity index (χ4n) is 1.56.